The maximum absolute atomic E-state index is 6.07. The topological polar surface area (TPSA) is 33.7 Å². The molecule has 1 aliphatic rings. The van der Waals surface area contributed by atoms with Crippen LogP contribution in [0.5, 0.6) is 0 Å². The number of hydrogen-bond acceptors (Lipinski definition) is 6. The van der Waals surface area contributed by atoms with Gasteiger partial charge in [0, 0.05) is 32.7 Å². The Bertz CT molecular complexity index is 439. The number of thiocarbonyl (C=S) groups is 1. The van der Waals surface area contributed by atoms with Gasteiger partial charge in [-0.05, 0) is 24.0 Å². The van der Waals surface area contributed by atoms with Crippen LogP contribution in [-0.2, 0) is 16.1 Å². The Hall–Kier alpha value is -0.660. The zero-order chi connectivity index (χ0) is 15.6. The van der Waals surface area contributed by atoms with Crippen molar-refractivity contribution >= 4 is 28.4 Å². The monoisotopic (exact) mass is 340 g/mol. The molecule has 0 bridgehead atoms. The van der Waals surface area contributed by atoms with E-state index in [0.29, 0.717) is 17.6 Å². The van der Waals surface area contributed by atoms with E-state index in [4.69, 9.17) is 21.7 Å². The summed E-state index contributed by atoms with van der Waals surface area (Å²) in [5, 5.41) is 3.37. The average Bonchev–Trinajstić information content (AvgIpc) is 2.58. The Labute approximate surface area is 142 Å². The first-order chi connectivity index (χ1) is 10.8. The molecule has 1 aromatic rings. The Morgan fingerprint density at radius 3 is 2.73 bits per heavy atom. The van der Waals surface area contributed by atoms with Gasteiger partial charge in [0.15, 0.2) is 0 Å². The lowest BCUT2D eigenvalue weighted by Gasteiger charge is -2.30. The molecule has 0 saturated carbocycles. The molecular formula is C16H24N2O2S2. The van der Waals surface area contributed by atoms with E-state index in [1.54, 1.807) is 0 Å². The Balaban J connectivity index is 1.83. The lowest BCUT2D eigenvalue weighted by molar-refractivity contribution is -0.0142. The van der Waals surface area contributed by atoms with Crippen LogP contribution in [0.2, 0.25) is 0 Å². The van der Waals surface area contributed by atoms with Gasteiger partial charge >= 0.3 is 0 Å². The van der Waals surface area contributed by atoms with Gasteiger partial charge in [0.05, 0.1) is 6.61 Å². The molecule has 0 spiro atoms. The molecular weight excluding hydrogens is 316 g/mol. The number of piperazine rings is 1. The van der Waals surface area contributed by atoms with Crippen molar-refractivity contribution in [2.24, 2.45) is 0 Å². The van der Waals surface area contributed by atoms with Crippen LogP contribution in [-0.4, -0.2) is 61.0 Å². The largest absolute Gasteiger partial charge is 0.476 e. The molecule has 0 amide bonds. The molecule has 1 N–H and O–H groups in total. The van der Waals surface area contributed by atoms with Crippen molar-refractivity contribution in [3.8, 4) is 0 Å². The summed E-state index contributed by atoms with van der Waals surface area (Å²) in [6, 6.07) is 10.2. The van der Waals surface area contributed by atoms with Gasteiger partial charge in [-0.25, -0.2) is 0 Å². The van der Waals surface area contributed by atoms with Crippen molar-refractivity contribution in [3.63, 3.8) is 0 Å². The molecule has 4 nitrogen and oxygen atoms in total. The maximum atomic E-state index is 6.07. The van der Waals surface area contributed by atoms with Crippen LogP contribution in [0.4, 0.5) is 0 Å². The first kappa shape index (κ1) is 17.7. The van der Waals surface area contributed by atoms with Gasteiger partial charge in [-0.3, -0.25) is 4.90 Å². The number of hydrogen-bond donors (Lipinski definition) is 1. The van der Waals surface area contributed by atoms with E-state index in [-0.39, 0.29) is 6.10 Å². The fraction of sp³-hybridized carbons (Fsp3) is 0.562. The molecule has 0 radical (unpaired) electrons. The van der Waals surface area contributed by atoms with Crippen LogP contribution in [0.25, 0.3) is 0 Å². The second kappa shape index (κ2) is 10.2. The minimum Gasteiger partial charge on any atom is -0.476 e. The van der Waals surface area contributed by atoms with Gasteiger partial charge in [0.2, 0.25) is 4.38 Å². The van der Waals surface area contributed by atoms with Crippen molar-refractivity contribution in [2.75, 3.05) is 45.6 Å². The SMILES string of the molecule is CSC(=S)OCC(CN1CCNCC1)OCc1ccccc1. The number of thioether (sulfide) groups is 1. The van der Waals surface area contributed by atoms with Crippen molar-refractivity contribution in [1.29, 1.82) is 0 Å². The van der Waals surface area contributed by atoms with Gasteiger partial charge in [0.1, 0.15) is 12.7 Å². The number of ether oxygens (including phenoxy) is 2. The van der Waals surface area contributed by atoms with E-state index >= 15 is 0 Å². The van der Waals surface area contributed by atoms with Crippen LogP contribution in [0.1, 0.15) is 5.56 Å². The van der Waals surface area contributed by atoms with Crippen molar-refractivity contribution < 1.29 is 9.47 Å². The Kier molecular flexibility index (Phi) is 8.18. The van der Waals surface area contributed by atoms with Crippen molar-refractivity contribution in [3.05, 3.63) is 35.9 Å². The second-order valence-corrected chi connectivity index (χ2v) is 6.64. The third kappa shape index (κ3) is 6.62. The van der Waals surface area contributed by atoms with E-state index in [1.165, 1.54) is 17.3 Å². The minimum atomic E-state index is 0.0309. The normalized spacial score (nSPS) is 17.1. The third-order valence-electron chi connectivity index (χ3n) is 3.55. The standard InChI is InChI=1S/C16H24N2O2S2/c1-22-16(21)20-13-15(11-18-9-7-17-8-10-18)19-12-14-5-3-2-4-6-14/h2-6,15,17H,7-13H2,1H3. The first-order valence-corrected chi connectivity index (χ1v) is 9.20. The van der Waals surface area contributed by atoms with Gasteiger partial charge in [-0.15, -0.1) is 0 Å². The highest BCUT2D eigenvalue weighted by atomic mass is 32.2. The summed E-state index contributed by atoms with van der Waals surface area (Å²) >= 11 is 6.57. The predicted molar refractivity (Wildman–Crippen MR) is 96.4 cm³/mol. The number of benzene rings is 1. The quantitative estimate of drug-likeness (QED) is 0.766. The number of nitrogens with zero attached hydrogens (tertiary/aromatic N) is 1. The maximum Gasteiger partial charge on any atom is 0.219 e. The molecule has 6 heteroatoms. The fourth-order valence-corrected chi connectivity index (χ4v) is 2.60. The fourth-order valence-electron chi connectivity index (χ4n) is 2.34. The average molecular weight is 341 g/mol. The van der Waals surface area contributed by atoms with Crippen LogP contribution in [0.15, 0.2) is 30.3 Å². The lowest BCUT2D eigenvalue weighted by Crippen LogP contribution is -2.47. The Morgan fingerprint density at radius 2 is 2.05 bits per heavy atom. The molecule has 122 valence electrons. The first-order valence-electron chi connectivity index (χ1n) is 7.57. The summed E-state index contributed by atoms with van der Waals surface area (Å²) in [6.45, 7) is 6.18. The van der Waals surface area contributed by atoms with Gasteiger partial charge in [-0.2, -0.15) is 0 Å². The molecule has 1 fully saturated rings. The lowest BCUT2D eigenvalue weighted by atomic mass is 10.2. The highest BCUT2D eigenvalue weighted by Gasteiger charge is 2.18. The molecule has 22 heavy (non-hydrogen) atoms. The highest BCUT2D eigenvalue weighted by molar-refractivity contribution is 8.22. The molecule has 2 rings (SSSR count). The smallest absolute Gasteiger partial charge is 0.219 e. The molecule has 0 aliphatic carbocycles. The van der Waals surface area contributed by atoms with Gasteiger partial charge < -0.3 is 14.8 Å². The second-order valence-electron chi connectivity index (χ2n) is 5.23. The highest BCUT2D eigenvalue weighted by Crippen LogP contribution is 2.08. The zero-order valence-electron chi connectivity index (χ0n) is 13.0. The molecule has 1 aliphatic heterocycles. The van der Waals surface area contributed by atoms with E-state index in [9.17, 15) is 0 Å². The van der Waals surface area contributed by atoms with Crippen molar-refractivity contribution in [2.45, 2.75) is 12.7 Å². The van der Waals surface area contributed by atoms with Crippen LogP contribution in [0, 0.1) is 0 Å². The summed E-state index contributed by atoms with van der Waals surface area (Å²) < 4.78 is 12.3. The summed E-state index contributed by atoms with van der Waals surface area (Å²) in [5.74, 6) is 0. The summed E-state index contributed by atoms with van der Waals surface area (Å²) in [6.07, 6.45) is 1.96. The third-order valence-corrected chi connectivity index (χ3v) is 4.62. The number of nitrogens with one attached hydrogen (secondary N) is 1. The summed E-state index contributed by atoms with van der Waals surface area (Å²) in [5.41, 5.74) is 1.18. The molecule has 1 saturated heterocycles. The van der Waals surface area contributed by atoms with Crippen LogP contribution >= 0.6 is 24.0 Å². The molecule has 1 unspecified atom stereocenters. The van der Waals surface area contributed by atoms with E-state index in [0.717, 1.165) is 32.7 Å². The summed E-state index contributed by atoms with van der Waals surface area (Å²) in [4.78, 5) is 2.41. The van der Waals surface area contributed by atoms with Crippen molar-refractivity contribution in [1.82, 2.24) is 10.2 Å². The molecule has 1 heterocycles. The summed E-state index contributed by atoms with van der Waals surface area (Å²) in [7, 11) is 0. The molecule has 1 aromatic carbocycles. The van der Waals surface area contributed by atoms with Crippen LogP contribution < -0.4 is 5.32 Å². The van der Waals surface area contributed by atoms with E-state index in [1.807, 2.05) is 24.5 Å². The van der Waals surface area contributed by atoms with Gasteiger partial charge in [0.25, 0.3) is 0 Å². The number of rotatable bonds is 7. The van der Waals surface area contributed by atoms with E-state index < -0.39 is 0 Å². The van der Waals surface area contributed by atoms with Gasteiger partial charge in [-0.1, -0.05) is 42.1 Å². The molecule has 1 atom stereocenters. The minimum absolute atomic E-state index is 0.0309. The Morgan fingerprint density at radius 1 is 1.32 bits per heavy atom. The van der Waals surface area contributed by atoms with Crippen LogP contribution in [0.3, 0.4) is 0 Å². The van der Waals surface area contributed by atoms with E-state index in [2.05, 4.69) is 22.3 Å². The molecule has 0 aromatic heterocycles. The zero-order valence-corrected chi connectivity index (χ0v) is 14.6. The predicted octanol–water partition coefficient (Wildman–Crippen LogP) is 2.14.